The number of hydrogen-bond acceptors (Lipinski definition) is 2. The van der Waals surface area contributed by atoms with Crippen molar-refractivity contribution in [2.24, 2.45) is 0 Å². The van der Waals surface area contributed by atoms with Crippen LogP contribution in [0, 0.1) is 0 Å². The van der Waals surface area contributed by atoms with E-state index in [0.717, 1.165) is 0 Å². The largest absolute Gasteiger partial charge is 0.477 e. The third kappa shape index (κ3) is 3.18. The maximum Gasteiger partial charge on any atom is 0.406 e. The zero-order valence-electron chi connectivity index (χ0n) is 12.6. The lowest BCUT2D eigenvalue weighted by atomic mass is 9.87. The summed E-state index contributed by atoms with van der Waals surface area (Å²) < 4.78 is 171. The molecule has 0 rings (SSSR count). The molecule has 0 aliphatic carbocycles. The van der Waals surface area contributed by atoms with Crippen LogP contribution in [-0.2, 0) is 4.79 Å². The number of aliphatic hydroxyl groups is 1. The van der Waals surface area contributed by atoms with Crippen LogP contribution < -0.4 is 0 Å². The molecule has 0 fully saturated rings. The van der Waals surface area contributed by atoms with Crippen molar-refractivity contribution in [3.63, 3.8) is 0 Å². The van der Waals surface area contributed by atoms with Gasteiger partial charge in [0.1, 0.15) is 0 Å². The molecule has 1 atom stereocenters. The Bertz CT molecular complexity index is 570. The molecule has 0 bridgehead atoms. The van der Waals surface area contributed by atoms with Crippen LogP contribution in [-0.4, -0.2) is 57.6 Å². The molecule has 0 heterocycles. The maximum absolute atomic E-state index is 13.3. The summed E-state index contributed by atoms with van der Waals surface area (Å²) in [5.74, 6) is -55.8. The molecule has 1 unspecified atom stereocenters. The van der Waals surface area contributed by atoms with Gasteiger partial charge < -0.3 is 10.2 Å². The number of halogens is 13. The molecule has 0 saturated heterocycles. The second-order valence-electron chi connectivity index (χ2n) is 5.25. The Morgan fingerprint density at radius 2 is 1.04 bits per heavy atom. The molecule has 0 aromatic rings. The minimum absolute atomic E-state index is 0.669. The highest BCUT2D eigenvalue weighted by Gasteiger charge is 2.92. The zero-order valence-corrected chi connectivity index (χ0v) is 12.6. The monoisotopic (exact) mass is 436 g/mol. The van der Waals surface area contributed by atoms with Gasteiger partial charge in [0.15, 0.2) is 0 Å². The molecule has 0 aromatic carbocycles. The third-order valence-electron chi connectivity index (χ3n) is 3.31. The molecule has 162 valence electrons. The van der Waals surface area contributed by atoms with Gasteiger partial charge >= 0.3 is 47.4 Å². The van der Waals surface area contributed by atoms with Crippen LogP contribution >= 0.6 is 0 Å². The van der Waals surface area contributed by atoms with Crippen LogP contribution in [0.25, 0.3) is 0 Å². The number of rotatable bonds is 9. The smallest absolute Gasteiger partial charge is 0.406 e. The Balaban J connectivity index is 6.57. The van der Waals surface area contributed by atoms with Gasteiger partial charge in [0.25, 0.3) is 0 Å². The number of carboxylic acid groups (broad SMARTS) is 1. The minimum Gasteiger partial charge on any atom is -0.477 e. The fraction of sp³-hybridized carbons (Fsp3) is 0.909. The van der Waals surface area contributed by atoms with Crippen LogP contribution in [0.4, 0.5) is 57.1 Å². The highest BCUT2D eigenvalue weighted by Crippen LogP contribution is 2.61. The van der Waals surface area contributed by atoms with Crippen molar-refractivity contribution in [1.29, 1.82) is 0 Å². The number of alkyl halides is 13. The Hall–Kier alpha value is -1.48. The van der Waals surface area contributed by atoms with E-state index in [-0.39, 0.29) is 0 Å². The van der Waals surface area contributed by atoms with Gasteiger partial charge in [0, 0.05) is 6.42 Å². The summed E-state index contributed by atoms with van der Waals surface area (Å²) in [7, 11) is 0. The Labute approximate surface area is 140 Å². The average molecular weight is 436 g/mol. The third-order valence-corrected chi connectivity index (χ3v) is 3.31. The van der Waals surface area contributed by atoms with Gasteiger partial charge in [-0.1, -0.05) is 13.3 Å². The molecule has 0 aromatic heterocycles. The van der Waals surface area contributed by atoms with Gasteiger partial charge in [-0.3, -0.25) is 0 Å². The first-order valence-electron chi connectivity index (χ1n) is 6.42. The van der Waals surface area contributed by atoms with Crippen molar-refractivity contribution in [3.05, 3.63) is 0 Å². The first kappa shape index (κ1) is 25.5. The van der Waals surface area contributed by atoms with Crippen LogP contribution in [0.5, 0.6) is 0 Å². The molecule has 0 radical (unpaired) electrons. The summed E-state index contributed by atoms with van der Waals surface area (Å²) >= 11 is 0. The molecule has 0 saturated carbocycles. The van der Waals surface area contributed by atoms with E-state index in [4.69, 9.17) is 10.2 Å². The van der Waals surface area contributed by atoms with Gasteiger partial charge in [-0.25, -0.2) is 4.79 Å². The highest BCUT2D eigenvalue weighted by molar-refractivity contribution is 5.77. The summed E-state index contributed by atoms with van der Waals surface area (Å²) in [5, 5.41) is 16.0. The van der Waals surface area contributed by atoms with E-state index in [1.807, 2.05) is 0 Å². The van der Waals surface area contributed by atoms with Crippen molar-refractivity contribution < 1.29 is 72.1 Å². The quantitative estimate of drug-likeness (QED) is 0.529. The molecule has 16 heteroatoms. The molecule has 2 N–H and O–H groups in total. The van der Waals surface area contributed by atoms with Gasteiger partial charge in [-0.15, -0.1) is 0 Å². The molecule has 0 aliphatic heterocycles. The van der Waals surface area contributed by atoms with Crippen molar-refractivity contribution in [2.75, 3.05) is 0 Å². The van der Waals surface area contributed by atoms with Crippen LogP contribution in [0.15, 0.2) is 0 Å². The predicted octanol–water partition coefficient (Wildman–Crippen LogP) is 4.34. The first-order chi connectivity index (χ1) is 11.5. The number of hydrogen-bond donors (Lipinski definition) is 2. The fourth-order valence-electron chi connectivity index (χ4n) is 1.64. The van der Waals surface area contributed by atoms with E-state index in [1.54, 1.807) is 0 Å². The minimum atomic E-state index is -8.11. The SMILES string of the molecule is CCCC(F)(F)C(F)(F)C(F)(F)C(F)(F)C(F)(F)C(O)(F)C(F)(F)C(=O)O. The lowest BCUT2D eigenvalue weighted by molar-refractivity contribution is -0.449. The van der Waals surface area contributed by atoms with Crippen LogP contribution in [0.2, 0.25) is 0 Å². The first-order valence-corrected chi connectivity index (χ1v) is 6.42. The Morgan fingerprint density at radius 3 is 1.33 bits per heavy atom. The maximum atomic E-state index is 13.3. The second-order valence-corrected chi connectivity index (χ2v) is 5.25. The van der Waals surface area contributed by atoms with Gasteiger partial charge in [0.2, 0.25) is 0 Å². The van der Waals surface area contributed by atoms with Crippen molar-refractivity contribution in [2.45, 2.75) is 61.2 Å². The second kappa shape index (κ2) is 6.55. The van der Waals surface area contributed by atoms with Gasteiger partial charge in [0.05, 0.1) is 0 Å². The van der Waals surface area contributed by atoms with Gasteiger partial charge in [-0.2, -0.15) is 57.1 Å². The average Bonchev–Trinajstić information content (AvgIpc) is 2.45. The summed E-state index contributed by atoms with van der Waals surface area (Å²) in [6, 6.07) is 0. The zero-order chi connectivity index (χ0) is 22.5. The standard InChI is InChI=1S/C11H9F13O3/c1-2-3-5(12,13)7(16,17)8(18,19)9(20,21)10(22,23)11(24,27)6(14,15)4(25)26/h27H,2-3H2,1H3,(H,25,26). The van der Waals surface area contributed by atoms with Crippen molar-refractivity contribution in [3.8, 4) is 0 Å². The van der Waals surface area contributed by atoms with E-state index in [0.29, 0.717) is 6.92 Å². The summed E-state index contributed by atoms with van der Waals surface area (Å²) in [6.07, 6.45) is -3.33. The molecule has 0 spiro atoms. The van der Waals surface area contributed by atoms with Gasteiger partial charge in [-0.05, 0) is 0 Å². The van der Waals surface area contributed by atoms with E-state index < -0.39 is 60.2 Å². The van der Waals surface area contributed by atoms with E-state index in [1.165, 1.54) is 0 Å². The summed E-state index contributed by atoms with van der Waals surface area (Å²) in [5.41, 5.74) is 0. The summed E-state index contributed by atoms with van der Waals surface area (Å²) in [4.78, 5) is 9.95. The Kier molecular flexibility index (Phi) is 6.19. The Morgan fingerprint density at radius 1 is 0.704 bits per heavy atom. The topological polar surface area (TPSA) is 57.5 Å². The molecular formula is C11H9F13O3. The number of carboxylic acids is 1. The highest BCUT2D eigenvalue weighted by atomic mass is 19.4. The van der Waals surface area contributed by atoms with E-state index in [9.17, 15) is 61.9 Å². The molecule has 27 heavy (non-hydrogen) atoms. The van der Waals surface area contributed by atoms with E-state index >= 15 is 0 Å². The number of carbonyl (C=O) groups is 1. The lowest BCUT2D eigenvalue weighted by Gasteiger charge is -2.42. The predicted molar refractivity (Wildman–Crippen MR) is 58.3 cm³/mol. The van der Waals surface area contributed by atoms with Crippen LogP contribution in [0.1, 0.15) is 19.8 Å². The van der Waals surface area contributed by atoms with E-state index in [2.05, 4.69) is 0 Å². The molecule has 3 nitrogen and oxygen atoms in total. The fourth-order valence-corrected chi connectivity index (χ4v) is 1.64. The number of aliphatic carboxylic acids is 1. The molecule has 0 aliphatic rings. The van der Waals surface area contributed by atoms with Crippen molar-refractivity contribution in [1.82, 2.24) is 0 Å². The molecular weight excluding hydrogens is 427 g/mol. The normalized spacial score (nSPS) is 17.6. The van der Waals surface area contributed by atoms with Crippen molar-refractivity contribution >= 4 is 5.97 Å². The van der Waals surface area contributed by atoms with Crippen LogP contribution in [0.3, 0.4) is 0 Å². The lowest BCUT2D eigenvalue weighted by Crippen LogP contribution is -2.74. The summed E-state index contributed by atoms with van der Waals surface area (Å²) in [6.45, 7) is 0.669. The molecule has 0 amide bonds.